The number of unbranched alkanes of at least 4 members (excludes halogenated alkanes) is 2. The molecular formula is C25H34N6O3. The van der Waals surface area contributed by atoms with E-state index in [1.165, 1.54) is 0 Å². The first-order chi connectivity index (χ1) is 16.5. The normalized spacial score (nSPS) is 16.2. The first-order valence-corrected chi connectivity index (χ1v) is 12.0. The summed E-state index contributed by atoms with van der Waals surface area (Å²) in [5.41, 5.74) is 9.72. The van der Waals surface area contributed by atoms with E-state index in [4.69, 9.17) is 10.5 Å². The van der Waals surface area contributed by atoms with Crippen LogP contribution in [0.3, 0.4) is 0 Å². The third kappa shape index (κ3) is 5.25. The number of carboxylic acids is 1. The van der Waals surface area contributed by atoms with Gasteiger partial charge in [0.15, 0.2) is 5.82 Å². The number of nitrogens with zero attached hydrogens (tertiary/aromatic N) is 4. The summed E-state index contributed by atoms with van der Waals surface area (Å²) in [6.45, 7) is 4.99. The van der Waals surface area contributed by atoms with Crippen LogP contribution >= 0.6 is 0 Å². The van der Waals surface area contributed by atoms with Gasteiger partial charge in [-0.3, -0.25) is 9.69 Å². The fourth-order valence-corrected chi connectivity index (χ4v) is 4.69. The average Bonchev–Trinajstić information content (AvgIpc) is 3.44. The Kier molecular flexibility index (Phi) is 7.52. The van der Waals surface area contributed by atoms with E-state index in [1.807, 2.05) is 23.2 Å². The van der Waals surface area contributed by atoms with E-state index in [2.05, 4.69) is 38.9 Å². The maximum absolute atomic E-state index is 11.5. The SMILES string of the molecule is CCCCCNc1nc(N)nc2ccn(Cc3ccc(CN4CCCC4C(=O)O)cc3OC)c12. The van der Waals surface area contributed by atoms with Crippen molar-refractivity contribution in [2.45, 2.75) is 58.2 Å². The minimum atomic E-state index is -0.748. The van der Waals surface area contributed by atoms with E-state index in [0.29, 0.717) is 19.5 Å². The molecule has 34 heavy (non-hydrogen) atoms. The van der Waals surface area contributed by atoms with Crippen molar-refractivity contribution in [3.8, 4) is 5.75 Å². The maximum Gasteiger partial charge on any atom is 0.320 e. The van der Waals surface area contributed by atoms with Gasteiger partial charge in [0.2, 0.25) is 5.95 Å². The molecule has 4 rings (SSSR count). The minimum absolute atomic E-state index is 0.256. The summed E-state index contributed by atoms with van der Waals surface area (Å²) in [5, 5.41) is 12.9. The predicted molar refractivity (Wildman–Crippen MR) is 133 cm³/mol. The number of nitrogens with one attached hydrogen (secondary N) is 1. The average molecular weight is 467 g/mol. The first kappa shape index (κ1) is 23.8. The largest absolute Gasteiger partial charge is 0.496 e. The van der Waals surface area contributed by atoms with E-state index in [9.17, 15) is 9.90 Å². The molecular weight excluding hydrogens is 432 g/mol. The van der Waals surface area contributed by atoms with Crippen LogP contribution in [0.4, 0.5) is 11.8 Å². The van der Waals surface area contributed by atoms with Crippen molar-refractivity contribution in [1.29, 1.82) is 0 Å². The molecule has 1 aliphatic rings. The summed E-state index contributed by atoms with van der Waals surface area (Å²) >= 11 is 0. The monoisotopic (exact) mass is 466 g/mol. The van der Waals surface area contributed by atoms with Gasteiger partial charge < -0.3 is 25.5 Å². The molecule has 2 aromatic heterocycles. The minimum Gasteiger partial charge on any atom is -0.496 e. The van der Waals surface area contributed by atoms with Crippen molar-refractivity contribution < 1.29 is 14.6 Å². The quantitative estimate of drug-likeness (QED) is 0.366. The fourth-order valence-electron chi connectivity index (χ4n) is 4.69. The van der Waals surface area contributed by atoms with E-state index in [-0.39, 0.29) is 5.95 Å². The Morgan fingerprint density at radius 1 is 1.26 bits per heavy atom. The molecule has 1 fully saturated rings. The summed E-state index contributed by atoms with van der Waals surface area (Å²) in [4.78, 5) is 22.4. The Morgan fingerprint density at radius 2 is 2.12 bits per heavy atom. The Bertz CT molecular complexity index is 1150. The third-order valence-electron chi connectivity index (χ3n) is 6.43. The smallest absolute Gasteiger partial charge is 0.320 e. The van der Waals surface area contributed by atoms with Crippen molar-refractivity contribution in [1.82, 2.24) is 19.4 Å². The number of rotatable bonds is 11. The van der Waals surface area contributed by atoms with Crippen LogP contribution in [0.15, 0.2) is 30.5 Å². The molecule has 4 N–H and O–H groups in total. The van der Waals surface area contributed by atoms with E-state index >= 15 is 0 Å². The van der Waals surface area contributed by atoms with Gasteiger partial charge in [0.25, 0.3) is 0 Å². The van der Waals surface area contributed by atoms with Gasteiger partial charge in [-0.05, 0) is 43.5 Å². The standard InChI is InChI=1S/C25H34N6O3/c1-3-4-5-11-27-23-22-19(28-25(26)29-23)10-13-31(22)16-18-9-8-17(14-21(18)34-2)15-30-12-6-7-20(30)24(32)33/h8-10,13-14,20H,3-7,11-12,15-16H2,1-2H3,(H,32,33)(H3,26,27,28,29). The molecule has 0 radical (unpaired) electrons. The van der Waals surface area contributed by atoms with Gasteiger partial charge in [-0.15, -0.1) is 0 Å². The van der Waals surface area contributed by atoms with Crippen LogP contribution in [0, 0.1) is 0 Å². The molecule has 3 aromatic rings. The molecule has 0 saturated carbocycles. The number of fused-ring (bicyclic) bond motifs is 1. The summed E-state index contributed by atoms with van der Waals surface area (Å²) in [7, 11) is 1.66. The Labute approximate surface area is 199 Å². The Morgan fingerprint density at radius 3 is 2.88 bits per heavy atom. The van der Waals surface area contributed by atoms with Crippen molar-refractivity contribution >= 4 is 28.8 Å². The zero-order chi connectivity index (χ0) is 24.1. The van der Waals surface area contributed by atoms with Crippen LogP contribution < -0.4 is 15.8 Å². The lowest BCUT2D eigenvalue weighted by atomic mass is 10.1. The number of carbonyl (C=O) groups is 1. The highest BCUT2D eigenvalue weighted by molar-refractivity contribution is 5.87. The lowest BCUT2D eigenvalue weighted by molar-refractivity contribution is -0.142. The molecule has 182 valence electrons. The summed E-state index contributed by atoms with van der Waals surface area (Å²) in [6.07, 6.45) is 6.99. The van der Waals surface area contributed by atoms with Crippen LogP contribution in [0.2, 0.25) is 0 Å². The summed E-state index contributed by atoms with van der Waals surface area (Å²) in [5.74, 6) is 1.03. The van der Waals surface area contributed by atoms with Gasteiger partial charge in [0.05, 0.1) is 19.2 Å². The van der Waals surface area contributed by atoms with Crippen molar-refractivity contribution in [3.63, 3.8) is 0 Å². The number of methoxy groups -OCH3 is 1. The number of anilines is 2. The van der Waals surface area contributed by atoms with Gasteiger partial charge in [-0.2, -0.15) is 4.98 Å². The molecule has 1 saturated heterocycles. The number of nitrogen functional groups attached to an aromatic ring is 1. The topological polar surface area (TPSA) is 119 Å². The number of aromatic nitrogens is 3. The number of carboxylic acid groups (broad SMARTS) is 1. The molecule has 3 heterocycles. The number of ether oxygens (including phenoxy) is 1. The van der Waals surface area contributed by atoms with Crippen molar-refractivity contribution in [3.05, 3.63) is 41.6 Å². The van der Waals surface area contributed by atoms with Crippen LogP contribution in [0.25, 0.3) is 11.0 Å². The van der Waals surface area contributed by atoms with Crippen LogP contribution in [-0.2, 0) is 17.9 Å². The Hall–Kier alpha value is -3.33. The molecule has 0 spiro atoms. The molecule has 0 aliphatic carbocycles. The van der Waals surface area contributed by atoms with Crippen LogP contribution in [0.5, 0.6) is 5.75 Å². The van der Waals surface area contributed by atoms with Crippen LogP contribution in [-0.4, -0.2) is 56.8 Å². The fraction of sp³-hybridized carbons (Fsp3) is 0.480. The highest BCUT2D eigenvalue weighted by Crippen LogP contribution is 2.28. The predicted octanol–water partition coefficient (Wildman–Crippen LogP) is 3.72. The molecule has 9 heteroatoms. The van der Waals surface area contributed by atoms with Crippen LogP contribution in [0.1, 0.15) is 50.2 Å². The van der Waals surface area contributed by atoms with E-state index < -0.39 is 12.0 Å². The molecule has 0 amide bonds. The zero-order valence-corrected chi connectivity index (χ0v) is 20.0. The molecule has 1 aliphatic heterocycles. The summed E-state index contributed by atoms with van der Waals surface area (Å²) < 4.78 is 7.82. The number of hydrogen-bond donors (Lipinski definition) is 3. The maximum atomic E-state index is 11.5. The highest BCUT2D eigenvalue weighted by Gasteiger charge is 2.30. The highest BCUT2D eigenvalue weighted by atomic mass is 16.5. The second-order valence-corrected chi connectivity index (χ2v) is 8.85. The van der Waals surface area contributed by atoms with Gasteiger partial charge in [-0.1, -0.05) is 31.9 Å². The Balaban J connectivity index is 1.56. The van der Waals surface area contributed by atoms with Gasteiger partial charge in [0.1, 0.15) is 17.3 Å². The zero-order valence-electron chi connectivity index (χ0n) is 20.0. The number of likely N-dealkylation sites (tertiary alicyclic amines) is 1. The number of nitrogens with two attached hydrogens (primary N) is 1. The van der Waals surface area contributed by atoms with Gasteiger partial charge in [-0.25, -0.2) is 4.98 Å². The van der Waals surface area contributed by atoms with E-state index in [0.717, 1.165) is 72.5 Å². The summed E-state index contributed by atoms with van der Waals surface area (Å²) in [6, 6.07) is 7.66. The van der Waals surface area contributed by atoms with Crippen molar-refractivity contribution in [2.24, 2.45) is 0 Å². The molecule has 0 bridgehead atoms. The lowest BCUT2D eigenvalue weighted by Gasteiger charge is -2.21. The second-order valence-electron chi connectivity index (χ2n) is 8.85. The van der Waals surface area contributed by atoms with Crippen molar-refractivity contribution in [2.75, 3.05) is 31.2 Å². The lowest BCUT2D eigenvalue weighted by Crippen LogP contribution is -2.35. The molecule has 1 atom stereocenters. The van der Waals surface area contributed by atoms with Gasteiger partial charge in [0, 0.05) is 24.8 Å². The van der Waals surface area contributed by atoms with Gasteiger partial charge >= 0.3 is 5.97 Å². The molecule has 9 nitrogen and oxygen atoms in total. The number of benzene rings is 1. The second kappa shape index (κ2) is 10.7. The number of aliphatic carboxylic acids is 1. The third-order valence-corrected chi connectivity index (χ3v) is 6.43. The van der Waals surface area contributed by atoms with E-state index in [1.54, 1.807) is 7.11 Å². The first-order valence-electron chi connectivity index (χ1n) is 12.0. The molecule has 1 aromatic carbocycles. The number of hydrogen-bond acceptors (Lipinski definition) is 7. The molecule has 1 unspecified atom stereocenters.